The molecule has 0 spiro atoms. The molecule has 5 aromatic rings. The van der Waals surface area contributed by atoms with Crippen molar-refractivity contribution in [3.63, 3.8) is 0 Å². The molecule has 1 aliphatic heterocycles. The Balaban J connectivity index is 1.27. The van der Waals surface area contributed by atoms with Crippen molar-refractivity contribution in [1.82, 2.24) is 19.4 Å². The summed E-state index contributed by atoms with van der Waals surface area (Å²) < 4.78 is 30.5. The van der Waals surface area contributed by atoms with Gasteiger partial charge >= 0.3 is 0 Å². The Hall–Kier alpha value is -4.45. The number of benzene rings is 3. The summed E-state index contributed by atoms with van der Waals surface area (Å²) in [5.41, 5.74) is 8.13. The fraction of sp³-hybridized carbons (Fsp3) is 0.161. The van der Waals surface area contributed by atoms with Crippen LogP contribution < -0.4 is 10.5 Å². The molecule has 44 heavy (non-hydrogen) atoms. The number of sulfonamides is 1. The number of nitrogens with zero attached hydrogens (tertiary/aromatic N) is 4. The van der Waals surface area contributed by atoms with E-state index in [2.05, 4.69) is 14.7 Å². The second-order valence-corrected chi connectivity index (χ2v) is 13.0. The predicted molar refractivity (Wildman–Crippen MR) is 170 cm³/mol. The second-order valence-electron chi connectivity index (χ2n) is 10.4. The summed E-state index contributed by atoms with van der Waals surface area (Å²) in [6, 6.07) is 19.3. The largest absolute Gasteiger partial charge is 0.383 e. The van der Waals surface area contributed by atoms with Gasteiger partial charge in [-0.15, -0.1) is 0 Å². The van der Waals surface area contributed by atoms with E-state index in [1.807, 2.05) is 27.7 Å². The molecule has 0 aliphatic carbocycles. The lowest BCUT2D eigenvalue weighted by Gasteiger charge is -2.33. The highest BCUT2D eigenvalue weighted by molar-refractivity contribution is 7.92. The van der Waals surface area contributed by atoms with E-state index in [0.29, 0.717) is 48.1 Å². The Morgan fingerprint density at radius 3 is 2.27 bits per heavy atom. The Bertz CT molecular complexity index is 1990. The molecule has 0 bridgehead atoms. The van der Waals surface area contributed by atoms with Crippen LogP contribution in [0.3, 0.4) is 0 Å². The van der Waals surface area contributed by atoms with E-state index >= 15 is 0 Å². The molecule has 3 aromatic carbocycles. The molecular formula is C31H26Cl2N6O4S. The van der Waals surface area contributed by atoms with Gasteiger partial charge in [-0.1, -0.05) is 53.5 Å². The molecule has 0 atom stereocenters. The highest BCUT2D eigenvalue weighted by atomic mass is 35.5. The second kappa shape index (κ2) is 11.9. The SMILES string of the molecule is Nc1ncnc2c1c(C(=O)c1cccc(NS(=O)(=O)c3cc(Cl)cc(Cl)c3)c1)cn2C1CCN(C(=O)c2ccccc2)CC1. The smallest absolute Gasteiger partial charge is 0.261 e. The predicted octanol–water partition coefficient (Wildman–Crippen LogP) is 5.83. The number of piperidine rings is 1. The van der Waals surface area contributed by atoms with Gasteiger partial charge in [0.05, 0.1) is 15.8 Å². The van der Waals surface area contributed by atoms with Crippen molar-refractivity contribution in [2.24, 2.45) is 0 Å². The molecule has 0 unspecified atom stereocenters. The third-order valence-electron chi connectivity index (χ3n) is 7.57. The van der Waals surface area contributed by atoms with E-state index in [9.17, 15) is 18.0 Å². The molecule has 2 aromatic heterocycles. The van der Waals surface area contributed by atoms with Gasteiger partial charge in [0.2, 0.25) is 0 Å². The average molecular weight is 650 g/mol. The third kappa shape index (κ3) is 5.86. The lowest BCUT2D eigenvalue weighted by atomic mass is 10.0. The minimum atomic E-state index is -4.05. The van der Waals surface area contributed by atoms with Gasteiger partial charge in [0, 0.05) is 52.2 Å². The van der Waals surface area contributed by atoms with Crippen LogP contribution in [0.2, 0.25) is 10.0 Å². The number of hydrogen-bond donors (Lipinski definition) is 2. The summed E-state index contributed by atoms with van der Waals surface area (Å²) in [5.74, 6) is -0.236. The van der Waals surface area contributed by atoms with Gasteiger partial charge in [0.1, 0.15) is 17.8 Å². The van der Waals surface area contributed by atoms with Crippen LogP contribution in [0.4, 0.5) is 11.5 Å². The first-order valence-electron chi connectivity index (χ1n) is 13.7. The number of rotatable bonds is 7. The number of fused-ring (bicyclic) bond motifs is 1. The van der Waals surface area contributed by atoms with Gasteiger partial charge in [0.15, 0.2) is 5.78 Å². The number of nitrogen functional groups attached to an aromatic ring is 1. The maximum absolute atomic E-state index is 13.9. The standard InChI is InChI=1S/C31H26Cl2N6O4S/c32-21-14-22(33)16-25(15-21)44(42,43)37-23-8-4-7-20(13-23)28(40)26-17-39(30-27(26)29(34)35-18-36-30)24-9-11-38(12-10-24)31(41)19-5-2-1-3-6-19/h1-8,13-18,24,37H,9-12H2,(H2,34,35,36). The lowest BCUT2D eigenvalue weighted by Crippen LogP contribution is -2.39. The van der Waals surface area contributed by atoms with Crippen molar-refractivity contribution < 1.29 is 18.0 Å². The summed E-state index contributed by atoms with van der Waals surface area (Å²) in [7, 11) is -4.05. The summed E-state index contributed by atoms with van der Waals surface area (Å²) in [6.07, 6.45) is 4.39. The number of halogens is 2. The Labute approximate surface area is 263 Å². The van der Waals surface area contributed by atoms with Crippen LogP contribution in [-0.4, -0.2) is 52.6 Å². The van der Waals surface area contributed by atoms with Crippen LogP contribution in [-0.2, 0) is 10.0 Å². The topological polar surface area (TPSA) is 140 Å². The number of anilines is 2. The number of aromatic nitrogens is 3. The minimum Gasteiger partial charge on any atom is -0.383 e. The molecule has 10 nitrogen and oxygen atoms in total. The van der Waals surface area contributed by atoms with Gasteiger partial charge in [-0.05, 0) is 55.3 Å². The Morgan fingerprint density at radius 1 is 0.886 bits per heavy atom. The zero-order valence-electron chi connectivity index (χ0n) is 23.2. The molecule has 13 heteroatoms. The van der Waals surface area contributed by atoms with E-state index < -0.39 is 10.0 Å². The van der Waals surface area contributed by atoms with Gasteiger partial charge in [-0.25, -0.2) is 18.4 Å². The van der Waals surface area contributed by atoms with E-state index in [4.69, 9.17) is 28.9 Å². The zero-order chi connectivity index (χ0) is 31.0. The number of amides is 1. The molecule has 224 valence electrons. The van der Waals surface area contributed by atoms with Crippen LogP contribution in [0.5, 0.6) is 0 Å². The number of carbonyl (C=O) groups excluding carboxylic acids is 2. The van der Waals surface area contributed by atoms with E-state index in [1.165, 1.54) is 36.7 Å². The molecule has 6 rings (SSSR count). The van der Waals surface area contributed by atoms with Gasteiger partial charge in [-0.3, -0.25) is 14.3 Å². The first-order valence-corrected chi connectivity index (χ1v) is 15.9. The molecule has 3 N–H and O–H groups in total. The summed E-state index contributed by atoms with van der Waals surface area (Å²) >= 11 is 12.0. The van der Waals surface area contributed by atoms with Crippen molar-refractivity contribution in [1.29, 1.82) is 0 Å². The van der Waals surface area contributed by atoms with Crippen molar-refractivity contribution in [2.45, 2.75) is 23.8 Å². The quantitative estimate of drug-likeness (QED) is 0.212. The molecule has 3 heterocycles. The van der Waals surface area contributed by atoms with Gasteiger partial charge in [-0.2, -0.15) is 0 Å². The van der Waals surface area contributed by atoms with Crippen LogP contribution in [0, 0.1) is 0 Å². The van der Waals surface area contributed by atoms with Gasteiger partial charge < -0.3 is 15.2 Å². The average Bonchev–Trinajstić information content (AvgIpc) is 3.41. The van der Waals surface area contributed by atoms with E-state index in [0.717, 1.165) is 0 Å². The molecule has 1 saturated heterocycles. The van der Waals surface area contributed by atoms with Crippen LogP contribution in [0.25, 0.3) is 11.0 Å². The number of hydrogen-bond acceptors (Lipinski definition) is 7. The Kier molecular flexibility index (Phi) is 8.02. The Morgan fingerprint density at radius 2 is 1.57 bits per heavy atom. The van der Waals surface area contributed by atoms with Crippen molar-refractivity contribution in [2.75, 3.05) is 23.5 Å². The lowest BCUT2D eigenvalue weighted by molar-refractivity contribution is 0.0696. The molecule has 0 saturated carbocycles. The fourth-order valence-electron chi connectivity index (χ4n) is 5.45. The number of nitrogens with two attached hydrogens (primary N) is 1. The first-order chi connectivity index (χ1) is 21.1. The zero-order valence-corrected chi connectivity index (χ0v) is 25.5. The highest BCUT2D eigenvalue weighted by Gasteiger charge is 2.29. The maximum Gasteiger partial charge on any atom is 0.261 e. The van der Waals surface area contributed by atoms with E-state index in [1.54, 1.807) is 30.5 Å². The normalized spacial score (nSPS) is 14.1. The monoisotopic (exact) mass is 648 g/mol. The molecule has 1 amide bonds. The van der Waals surface area contributed by atoms with E-state index in [-0.39, 0.29) is 49.7 Å². The molecule has 0 radical (unpaired) electrons. The van der Waals surface area contributed by atoms with Crippen molar-refractivity contribution in [3.05, 3.63) is 112 Å². The summed E-state index contributed by atoms with van der Waals surface area (Å²) in [6.45, 7) is 1.09. The maximum atomic E-state index is 13.9. The molecular weight excluding hydrogens is 623 g/mol. The molecule has 1 fully saturated rings. The van der Waals surface area contributed by atoms with Crippen molar-refractivity contribution in [3.8, 4) is 0 Å². The minimum absolute atomic E-state index is 0.0159. The summed E-state index contributed by atoms with van der Waals surface area (Å²) in [4.78, 5) is 37.1. The van der Waals surface area contributed by atoms with Crippen LogP contribution in [0.1, 0.15) is 45.2 Å². The third-order valence-corrected chi connectivity index (χ3v) is 9.37. The summed E-state index contributed by atoms with van der Waals surface area (Å²) in [5, 5.41) is 0.762. The van der Waals surface area contributed by atoms with Gasteiger partial charge in [0.25, 0.3) is 15.9 Å². The molecule has 1 aliphatic rings. The first kappa shape index (κ1) is 29.6. The fourth-order valence-corrected chi connectivity index (χ4v) is 7.22. The number of ketones is 1. The van der Waals surface area contributed by atoms with Crippen LogP contribution >= 0.6 is 23.2 Å². The number of nitrogens with one attached hydrogen (secondary N) is 1. The van der Waals surface area contributed by atoms with Crippen molar-refractivity contribution >= 4 is 67.5 Å². The number of carbonyl (C=O) groups is 2. The van der Waals surface area contributed by atoms with Crippen LogP contribution in [0.15, 0.2) is 90.2 Å². The highest BCUT2D eigenvalue weighted by Crippen LogP contribution is 2.33. The number of likely N-dealkylation sites (tertiary alicyclic amines) is 1.